The zero-order valence-electron chi connectivity index (χ0n) is 10.3. The van der Waals surface area contributed by atoms with Crippen molar-refractivity contribution in [3.8, 4) is 0 Å². The maximum atomic E-state index is 5.88. The first-order valence-corrected chi connectivity index (χ1v) is 7.81. The molecule has 2 rings (SSSR count). The number of hydrogen-bond donors (Lipinski definition) is 1. The molecule has 1 aromatic carbocycles. The van der Waals surface area contributed by atoms with Crippen LogP contribution >= 0.6 is 43.5 Å². The molecule has 1 heterocycles. The van der Waals surface area contributed by atoms with Gasteiger partial charge in [-0.15, -0.1) is 0 Å². The fourth-order valence-corrected chi connectivity index (χ4v) is 2.95. The molecule has 0 aliphatic rings. The van der Waals surface area contributed by atoms with Crippen LogP contribution in [0.25, 0.3) is 0 Å². The molecule has 1 aromatic heterocycles. The third-order valence-electron chi connectivity index (χ3n) is 2.83. The number of benzene rings is 1. The number of nitrogens with zero attached hydrogens (tertiary/aromatic N) is 1. The van der Waals surface area contributed by atoms with Crippen LogP contribution in [0, 0.1) is 0 Å². The van der Waals surface area contributed by atoms with Gasteiger partial charge in [-0.05, 0) is 62.5 Å². The van der Waals surface area contributed by atoms with E-state index in [1.54, 1.807) is 6.20 Å². The molecule has 19 heavy (non-hydrogen) atoms. The van der Waals surface area contributed by atoms with Crippen molar-refractivity contribution < 1.29 is 0 Å². The highest BCUT2D eigenvalue weighted by Crippen LogP contribution is 2.21. The second-order valence-electron chi connectivity index (χ2n) is 4.24. The summed E-state index contributed by atoms with van der Waals surface area (Å²) in [5.74, 6) is 0. The normalized spacial score (nSPS) is 12.4. The molecule has 1 atom stereocenters. The van der Waals surface area contributed by atoms with Crippen molar-refractivity contribution in [2.24, 2.45) is 0 Å². The standard InChI is InChI=1S/C14H13Br2ClN2/c1-9(10-2-4-12(17)5-3-10)18-8-14-13(16)6-11(15)7-19-14/h2-7,9,18H,8H2,1H3/t9-/m1/s1. The molecule has 0 saturated carbocycles. The summed E-state index contributed by atoms with van der Waals surface area (Å²) in [5, 5.41) is 4.20. The van der Waals surface area contributed by atoms with Gasteiger partial charge in [-0.25, -0.2) is 0 Å². The molecule has 1 N–H and O–H groups in total. The van der Waals surface area contributed by atoms with Crippen molar-refractivity contribution in [1.82, 2.24) is 10.3 Å². The minimum absolute atomic E-state index is 0.245. The van der Waals surface area contributed by atoms with Gasteiger partial charge in [-0.3, -0.25) is 4.98 Å². The van der Waals surface area contributed by atoms with Gasteiger partial charge in [0.15, 0.2) is 0 Å². The Balaban J connectivity index is 2.00. The molecule has 0 unspecified atom stereocenters. The van der Waals surface area contributed by atoms with E-state index in [0.29, 0.717) is 6.54 Å². The lowest BCUT2D eigenvalue weighted by Gasteiger charge is -2.14. The first kappa shape index (κ1) is 15.0. The van der Waals surface area contributed by atoms with Gasteiger partial charge in [0.25, 0.3) is 0 Å². The van der Waals surface area contributed by atoms with E-state index < -0.39 is 0 Å². The zero-order valence-corrected chi connectivity index (χ0v) is 14.3. The third kappa shape index (κ3) is 4.28. The summed E-state index contributed by atoms with van der Waals surface area (Å²) in [6, 6.07) is 10.1. The van der Waals surface area contributed by atoms with E-state index in [9.17, 15) is 0 Å². The Bertz CT molecular complexity index is 558. The van der Waals surface area contributed by atoms with E-state index in [1.807, 2.05) is 30.3 Å². The SMILES string of the molecule is C[C@@H](NCc1ncc(Br)cc1Br)c1ccc(Cl)cc1. The van der Waals surface area contributed by atoms with E-state index >= 15 is 0 Å². The molecule has 0 radical (unpaired) electrons. The van der Waals surface area contributed by atoms with Crippen LogP contribution in [0.15, 0.2) is 45.5 Å². The third-order valence-corrected chi connectivity index (χ3v) is 4.20. The van der Waals surface area contributed by atoms with Crippen LogP contribution in [0.5, 0.6) is 0 Å². The predicted octanol–water partition coefficient (Wildman–Crippen LogP) is 5.11. The average molecular weight is 405 g/mol. The highest BCUT2D eigenvalue weighted by molar-refractivity contribution is 9.11. The van der Waals surface area contributed by atoms with Gasteiger partial charge in [0, 0.05) is 32.8 Å². The Morgan fingerprint density at radius 2 is 1.95 bits per heavy atom. The van der Waals surface area contributed by atoms with Crippen LogP contribution in [0.2, 0.25) is 5.02 Å². The molecule has 0 amide bonds. The molecule has 2 nitrogen and oxygen atoms in total. The van der Waals surface area contributed by atoms with Gasteiger partial charge in [-0.2, -0.15) is 0 Å². The van der Waals surface area contributed by atoms with Gasteiger partial charge in [0.1, 0.15) is 0 Å². The number of aromatic nitrogens is 1. The first-order chi connectivity index (χ1) is 9.06. The lowest BCUT2D eigenvalue weighted by Crippen LogP contribution is -2.19. The fourth-order valence-electron chi connectivity index (χ4n) is 1.69. The Hall–Kier alpha value is -0.420. The van der Waals surface area contributed by atoms with Crippen molar-refractivity contribution in [3.05, 3.63) is 61.8 Å². The van der Waals surface area contributed by atoms with Crippen molar-refractivity contribution in [2.45, 2.75) is 19.5 Å². The lowest BCUT2D eigenvalue weighted by molar-refractivity contribution is 0.566. The van der Waals surface area contributed by atoms with Crippen molar-refractivity contribution >= 4 is 43.5 Å². The highest BCUT2D eigenvalue weighted by atomic mass is 79.9. The molecular formula is C14H13Br2ClN2. The molecule has 0 spiro atoms. The van der Waals surface area contributed by atoms with Gasteiger partial charge < -0.3 is 5.32 Å². The van der Waals surface area contributed by atoms with Crippen molar-refractivity contribution in [1.29, 1.82) is 0 Å². The van der Waals surface area contributed by atoms with Crippen molar-refractivity contribution in [3.63, 3.8) is 0 Å². The summed E-state index contributed by atoms with van der Waals surface area (Å²) in [5.41, 5.74) is 2.20. The first-order valence-electron chi connectivity index (χ1n) is 5.85. The van der Waals surface area contributed by atoms with Crippen LogP contribution in [-0.4, -0.2) is 4.98 Å². The molecule has 0 aliphatic heterocycles. The van der Waals surface area contributed by atoms with Crippen LogP contribution in [0.3, 0.4) is 0 Å². The maximum Gasteiger partial charge on any atom is 0.0684 e. The minimum Gasteiger partial charge on any atom is -0.305 e. The topological polar surface area (TPSA) is 24.9 Å². The average Bonchev–Trinajstić information content (AvgIpc) is 2.38. The van der Waals surface area contributed by atoms with Crippen LogP contribution in [-0.2, 0) is 6.54 Å². The molecule has 2 aromatic rings. The number of pyridine rings is 1. The molecule has 0 aliphatic carbocycles. The van der Waals surface area contributed by atoms with Crippen LogP contribution in [0.1, 0.15) is 24.2 Å². The quantitative estimate of drug-likeness (QED) is 0.766. The van der Waals surface area contributed by atoms with Gasteiger partial charge >= 0.3 is 0 Å². The molecule has 0 fully saturated rings. The summed E-state index contributed by atoms with van der Waals surface area (Å²) >= 11 is 12.8. The number of nitrogens with one attached hydrogen (secondary N) is 1. The van der Waals surface area contributed by atoms with E-state index in [4.69, 9.17) is 11.6 Å². The Morgan fingerprint density at radius 3 is 2.58 bits per heavy atom. The smallest absolute Gasteiger partial charge is 0.0684 e. The van der Waals surface area contributed by atoms with E-state index in [0.717, 1.165) is 19.7 Å². The summed E-state index contributed by atoms with van der Waals surface area (Å²) in [7, 11) is 0. The molecular weight excluding hydrogens is 391 g/mol. The molecule has 0 bridgehead atoms. The Kier molecular flexibility index (Phi) is 5.39. The van der Waals surface area contributed by atoms with Gasteiger partial charge in [0.2, 0.25) is 0 Å². The van der Waals surface area contributed by atoms with Gasteiger partial charge in [0.05, 0.1) is 5.69 Å². The Morgan fingerprint density at radius 1 is 1.26 bits per heavy atom. The van der Waals surface area contributed by atoms with Crippen LogP contribution < -0.4 is 5.32 Å². The predicted molar refractivity (Wildman–Crippen MR) is 86.3 cm³/mol. The summed E-state index contributed by atoms with van der Waals surface area (Å²) in [6.07, 6.45) is 1.80. The largest absolute Gasteiger partial charge is 0.305 e. The minimum atomic E-state index is 0.245. The molecule has 0 saturated heterocycles. The summed E-state index contributed by atoms with van der Waals surface area (Å²) in [4.78, 5) is 4.38. The number of rotatable bonds is 4. The van der Waals surface area contributed by atoms with Crippen molar-refractivity contribution in [2.75, 3.05) is 0 Å². The van der Waals surface area contributed by atoms with Crippen LogP contribution in [0.4, 0.5) is 0 Å². The molecule has 5 heteroatoms. The van der Waals surface area contributed by atoms with E-state index in [-0.39, 0.29) is 6.04 Å². The second-order valence-corrected chi connectivity index (χ2v) is 6.44. The summed E-state index contributed by atoms with van der Waals surface area (Å²) in [6.45, 7) is 2.83. The zero-order chi connectivity index (χ0) is 13.8. The van der Waals surface area contributed by atoms with E-state index in [1.165, 1.54) is 5.56 Å². The van der Waals surface area contributed by atoms with E-state index in [2.05, 4.69) is 49.1 Å². The highest BCUT2D eigenvalue weighted by Gasteiger charge is 2.07. The monoisotopic (exact) mass is 402 g/mol. The molecule has 100 valence electrons. The summed E-state index contributed by atoms with van der Waals surface area (Å²) < 4.78 is 1.96. The maximum absolute atomic E-state index is 5.88. The van der Waals surface area contributed by atoms with Gasteiger partial charge in [-0.1, -0.05) is 23.7 Å². The Labute approximate surface area is 134 Å². The fraction of sp³-hybridized carbons (Fsp3) is 0.214. The lowest BCUT2D eigenvalue weighted by atomic mass is 10.1. The second kappa shape index (κ2) is 6.84. The number of halogens is 3. The number of hydrogen-bond acceptors (Lipinski definition) is 2.